The number of hydrogen-bond donors (Lipinski definition) is 1. The van der Waals surface area contributed by atoms with Crippen LogP contribution in [0.15, 0.2) is 0 Å². The van der Waals surface area contributed by atoms with Crippen LogP contribution in [0.3, 0.4) is 0 Å². The summed E-state index contributed by atoms with van der Waals surface area (Å²) in [5, 5.41) is 7.70. The molecular weight excluding hydrogens is 228 g/mol. The van der Waals surface area contributed by atoms with E-state index in [1.807, 2.05) is 6.92 Å². The number of hydrogen-bond acceptors (Lipinski definition) is 4. The van der Waals surface area contributed by atoms with E-state index in [9.17, 15) is 8.42 Å². The van der Waals surface area contributed by atoms with Crippen molar-refractivity contribution in [3.05, 3.63) is 0 Å². The Hall–Kier alpha value is -0.640. The van der Waals surface area contributed by atoms with Gasteiger partial charge in [0, 0.05) is 13.2 Å². The van der Waals surface area contributed by atoms with E-state index in [4.69, 9.17) is 10.00 Å². The first kappa shape index (κ1) is 15.4. The summed E-state index contributed by atoms with van der Waals surface area (Å²) in [6.45, 7) is 7.80. The Morgan fingerprint density at radius 1 is 1.44 bits per heavy atom. The van der Waals surface area contributed by atoms with Gasteiger partial charge in [0.25, 0.3) is 0 Å². The molecule has 0 aromatic rings. The second-order valence-corrected chi connectivity index (χ2v) is 6.03. The summed E-state index contributed by atoms with van der Waals surface area (Å²) in [5.74, 6) is 0. The first-order chi connectivity index (χ1) is 7.29. The van der Waals surface area contributed by atoms with Gasteiger partial charge in [0.1, 0.15) is 0 Å². The van der Waals surface area contributed by atoms with Crippen LogP contribution in [-0.4, -0.2) is 32.4 Å². The average molecular weight is 248 g/mol. The average Bonchev–Trinajstić information content (AvgIpc) is 2.17. The van der Waals surface area contributed by atoms with Gasteiger partial charge in [-0.2, -0.15) is 5.26 Å². The maximum absolute atomic E-state index is 11.7. The summed E-state index contributed by atoms with van der Waals surface area (Å²) in [6, 6.07) is 1.77. The standard InChI is InChI=1S/C10H20N2O3S/c1-5-9(7-11)16(13,14)12-8-10(3,4)15-6-2/h9,12H,5-6,8H2,1-4H3. The van der Waals surface area contributed by atoms with Crippen molar-refractivity contribution in [3.63, 3.8) is 0 Å². The number of nitrogens with one attached hydrogen (secondary N) is 1. The topological polar surface area (TPSA) is 79.2 Å². The first-order valence-corrected chi connectivity index (χ1v) is 6.85. The third-order valence-electron chi connectivity index (χ3n) is 2.12. The van der Waals surface area contributed by atoms with Gasteiger partial charge in [-0.05, 0) is 27.2 Å². The summed E-state index contributed by atoms with van der Waals surface area (Å²) >= 11 is 0. The Labute approximate surface area is 97.8 Å². The van der Waals surface area contributed by atoms with E-state index in [2.05, 4.69) is 4.72 Å². The van der Waals surface area contributed by atoms with Crippen LogP contribution in [0.25, 0.3) is 0 Å². The van der Waals surface area contributed by atoms with Gasteiger partial charge in [0.05, 0.1) is 11.7 Å². The fourth-order valence-corrected chi connectivity index (χ4v) is 2.52. The van der Waals surface area contributed by atoms with E-state index >= 15 is 0 Å². The molecule has 0 spiro atoms. The zero-order valence-corrected chi connectivity index (χ0v) is 11.1. The second-order valence-electron chi connectivity index (χ2n) is 4.08. The van der Waals surface area contributed by atoms with E-state index in [0.717, 1.165) is 0 Å². The van der Waals surface area contributed by atoms with Crippen LogP contribution in [0.4, 0.5) is 0 Å². The Kier molecular flexibility index (Phi) is 5.94. The second kappa shape index (κ2) is 6.18. The quantitative estimate of drug-likeness (QED) is 0.729. The molecule has 0 saturated carbocycles. The highest BCUT2D eigenvalue weighted by atomic mass is 32.2. The van der Waals surface area contributed by atoms with Gasteiger partial charge < -0.3 is 4.74 Å². The summed E-state index contributed by atoms with van der Waals surface area (Å²) in [7, 11) is -3.57. The zero-order chi connectivity index (χ0) is 12.8. The Morgan fingerprint density at radius 2 is 2.00 bits per heavy atom. The lowest BCUT2D eigenvalue weighted by Gasteiger charge is -2.25. The molecule has 1 atom stereocenters. The van der Waals surface area contributed by atoms with E-state index in [0.29, 0.717) is 6.61 Å². The highest BCUT2D eigenvalue weighted by Gasteiger charge is 2.26. The highest BCUT2D eigenvalue weighted by molar-refractivity contribution is 7.90. The van der Waals surface area contributed by atoms with Gasteiger partial charge in [-0.3, -0.25) is 0 Å². The van der Waals surface area contributed by atoms with Crippen LogP contribution in [0, 0.1) is 11.3 Å². The molecular formula is C10H20N2O3S. The summed E-state index contributed by atoms with van der Waals surface area (Å²) < 4.78 is 31.1. The number of nitriles is 1. The third-order valence-corrected chi connectivity index (χ3v) is 3.86. The van der Waals surface area contributed by atoms with Crippen LogP contribution >= 0.6 is 0 Å². The largest absolute Gasteiger partial charge is 0.375 e. The lowest BCUT2D eigenvalue weighted by molar-refractivity contribution is -0.00517. The van der Waals surface area contributed by atoms with E-state index in [1.165, 1.54) is 0 Å². The van der Waals surface area contributed by atoms with E-state index < -0.39 is 20.9 Å². The molecule has 0 radical (unpaired) electrons. The van der Waals surface area contributed by atoms with Gasteiger partial charge in [0.15, 0.2) is 5.25 Å². The molecule has 0 aliphatic rings. The van der Waals surface area contributed by atoms with Gasteiger partial charge in [-0.25, -0.2) is 13.1 Å². The van der Waals surface area contributed by atoms with Crippen molar-refractivity contribution < 1.29 is 13.2 Å². The van der Waals surface area contributed by atoms with Crippen molar-refractivity contribution >= 4 is 10.0 Å². The minimum Gasteiger partial charge on any atom is -0.375 e. The number of rotatable bonds is 7. The van der Waals surface area contributed by atoms with Crippen LogP contribution in [0.5, 0.6) is 0 Å². The van der Waals surface area contributed by atoms with Crippen molar-refractivity contribution in [2.75, 3.05) is 13.2 Å². The lowest BCUT2D eigenvalue weighted by Crippen LogP contribution is -2.43. The predicted molar refractivity (Wildman–Crippen MR) is 62.3 cm³/mol. The Balaban J connectivity index is 4.47. The molecule has 0 aromatic heterocycles. The van der Waals surface area contributed by atoms with Crippen molar-refractivity contribution in [1.29, 1.82) is 5.26 Å². The van der Waals surface area contributed by atoms with Gasteiger partial charge in [-0.15, -0.1) is 0 Å². The summed E-state index contributed by atoms with van der Waals surface area (Å²) in [4.78, 5) is 0. The van der Waals surface area contributed by atoms with Crippen molar-refractivity contribution in [2.45, 2.75) is 45.0 Å². The maximum Gasteiger partial charge on any atom is 0.228 e. The molecule has 0 aromatic carbocycles. The molecule has 0 bridgehead atoms. The summed E-state index contributed by atoms with van der Waals surface area (Å²) in [5.41, 5.74) is -0.560. The summed E-state index contributed by atoms with van der Waals surface area (Å²) in [6.07, 6.45) is 0.279. The molecule has 0 amide bonds. The molecule has 1 N–H and O–H groups in total. The van der Waals surface area contributed by atoms with Gasteiger partial charge in [-0.1, -0.05) is 6.92 Å². The number of nitrogens with zero attached hydrogens (tertiary/aromatic N) is 1. The molecule has 5 nitrogen and oxygen atoms in total. The molecule has 94 valence electrons. The molecule has 0 heterocycles. The normalized spacial score (nSPS) is 14.4. The smallest absolute Gasteiger partial charge is 0.228 e. The Morgan fingerprint density at radius 3 is 2.38 bits per heavy atom. The SMILES string of the molecule is CCOC(C)(C)CNS(=O)(=O)C(C#N)CC. The molecule has 0 saturated heterocycles. The predicted octanol–water partition coefficient (Wildman–Crippen LogP) is 1.02. The lowest BCUT2D eigenvalue weighted by atomic mass is 10.1. The molecule has 6 heteroatoms. The fraction of sp³-hybridized carbons (Fsp3) is 0.900. The van der Waals surface area contributed by atoms with Crippen LogP contribution in [0.1, 0.15) is 34.1 Å². The molecule has 0 aliphatic carbocycles. The Bertz CT molecular complexity index is 344. The maximum atomic E-state index is 11.7. The van der Waals surface area contributed by atoms with Gasteiger partial charge in [0.2, 0.25) is 10.0 Å². The third kappa shape index (κ3) is 4.92. The molecule has 1 unspecified atom stereocenters. The van der Waals surface area contributed by atoms with Crippen molar-refractivity contribution in [3.8, 4) is 6.07 Å². The van der Waals surface area contributed by atoms with Crippen LogP contribution in [-0.2, 0) is 14.8 Å². The number of ether oxygens (including phenoxy) is 1. The molecule has 0 rings (SSSR count). The molecule has 16 heavy (non-hydrogen) atoms. The highest BCUT2D eigenvalue weighted by Crippen LogP contribution is 2.09. The zero-order valence-electron chi connectivity index (χ0n) is 10.3. The minimum atomic E-state index is -3.57. The first-order valence-electron chi connectivity index (χ1n) is 5.31. The van der Waals surface area contributed by atoms with Crippen molar-refractivity contribution in [1.82, 2.24) is 4.72 Å². The van der Waals surface area contributed by atoms with Crippen molar-refractivity contribution in [2.24, 2.45) is 0 Å². The number of sulfonamides is 1. The van der Waals surface area contributed by atoms with Gasteiger partial charge >= 0.3 is 0 Å². The van der Waals surface area contributed by atoms with Crippen LogP contribution < -0.4 is 4.72 Å². The van der Waals surface area contributed by atoms with E-state index in [-0.39, 0.29) is 13.0 Å². The van der Waals surface area contributed by atoms with Crippen LogP contribution in [0.2, 0.25) is 0 Å². The fourth-order valence-electron chi connectivity index (χ4n) is 1.20. The molecule has 0 fully saturated rings. The minimum absolute atomic E-state index is 0.168. The molecule has 0 aliphatic heterocycles. The monoisotopic (exact) mass is 248 g/mol. The van der Waals surface area contributed by atoms with E-state index in [1.54, 1.807) is 26.8 Å².